The Morgan fingerprint density at radius 2 is 2.29 bits per heavy atom. The molecule has 2 aromatic heterocycles. The Bertz CT molecular complexity index is 940. The van der Waals surface area contributed by atoms with Crippen LogP contribution in [0, 0.1) is 0 Å². The molecule has 1 saturated heterocycles. The molecule has 3 heterocycles. The summed E-state index contributed by atoms with van der Waals surface area (Å²) in [7, 11) is 0. The molecule has 0 aliphatic carbocycles. The monoisotopic (exact) mass is 377 g/mol. The predicted octanol–water partition coefficient (Wildman–Crippen LogP) is 3.24. The van der Waals surface area contributed by atoms with Gasteiger partial charge in [0.15, 0.2) is 5.82 Å². The highest BCUT2D eigenvalue weighted by molar-refractivity contribution is 5.90. The molecule has 1 aliphatic rings. The number of anilines is 1. The summed E-state index contributed by atoms with van der Waals surface area (Å²) >= 11 is 0. The fourth-order valence-corrected chi connectivity index (χ4v) is 3.47. The zero-order chi connectivity index (χ0) is 19.3. The summed E-state index contributed by atoms with van der Waals surface area (Å²) in [6.45, 7) is 3.42. The van der Waals surface area contributed by atoms with Crippen LogP contribution in [0.25, 0.3) is 11.4 Å². The Hall–Kier alpha value is -3.29. The summed E-state index contributed by atoms with van der Waals surface area (Å²) < 4.78 is 0. The molecule has 3 aromatic rings. The van der Waals surface area contributed by atoms with E-state index in [2.05, 4.69) is 30.5 Å². The second-order valence-corrected chi connectivity index (χ2v) is 6.89. The van der Waals surface area contributed by atoms with Crippen LogP contribution in [0.15, 0.2) is 42.9 Å². The Kier molecular flexibility index (Phi) is 5.27. The largest absolute Gasteiger partial charge is 0.324 e. The van der Waals surface area contributed by atoms with E-state index in [1.165, 1.54) is 0 Å². The first-order valence-corrected chi connectivity index (χ1v) is 9.56. The van der Waals surface area contributed by atoms with E-state index in [0.29, 0.717) is 12.4 Å². The number of aryl methyl sites for hydroxylation is 1. The van der Waals surface area contributed by atoms with Crippen LogP contribution in [0.1, 0.15) is 37.2 Å². The predicted molar refractivity (Wildman–Crippen MR) is 106 cm³/mol. The Morgan fingerprint density at radius 1 is 1.36 bits per heavy atom. The minimum absolute atomic E-state index is 0.0971. The third-order valence-electron chi connectivity index (χ3n) is 4.97. The molecule has 2 amide bonds. The van der Waals surface area contributed by atoms with Gasteiger partial charge in [0, 0.05) is 48.6 Å². The number of nitrogens with one attached hydrogen (secondary N) is 2. The van der Waals surface area contributed by atoms with Gasteiger partial charge in [0.05, 0.1) is 0 Å². The average Bonchev–Trinajstić information content (AvgIpc) is 3.24. The number of amides is 2. The van der Waals surface area contributed by atoms with Crippen molar-refractivity contribution in [1.82, 2.24) is 30.0 Å². The number of benzene rings is 1. The van der Waals surface area contributed by atoms with Gasteiger partial charge in [-0.3, -0.25) is 5.10 Å². The molecule has 0 saturated carbocycles. The van der Waals surface area contributed by atoms with Gasteiger partial charge in [-0.05, 0) is 31.0 Å². The molecule has 1 fully saturated rings. The SMILES string of the molecule is CCc1nc(-c2cccc(NC(=O)N3CCCC(c4ccncn4)C3)c2)n[nH]1. The fraction of sp³-hybridized carbons (Fsp3) is 0.350. The molecule has 8 heteroatoms. The van der Waals surface area contributed by atoms with Crippen molar-refractivity contribution < 1.29 is 4.79 Å². The second-order valence-electron chi connectivity index (χ2n) is 6.89. The van der Waals surface area contributed by atoms with Crippen LogP contribution >= 0.6 is 0 Å². The van der Waals surface area contributed by atoms with Gasteiger partial charge in [0.2, 0.25) is 0 Å². The lowest BCUT2D eigenvalue weighted by atomic mass is 9.95. The summed E-state index contributed by atoms with van der Waals surface area (Å²) in [6, 6.07) is 9.43. The van der Waals surface area contributed by atoms with Crippen LogP contribution in [0.4, 0.5) is 10.5 Å². The first kappa shape index (κ1) is 18.1. The molecule has 0 spiro atoms. The van der Waals surface area contributed by atoms with Gasteiger partial charge in [0.1, 0.15) is 12.2 Å². The maximum absolute atomic E-state index is 12.8. The van der Waals surface area contributed by atoms with Gasteiger partial charge in [0.25, 0.3) is 0 Å². The van der Waals surface area contributed by atoms with Crippen molar-refractivity contribution in [2.75, 3.05) is 18.4 Å². The van der Waals surface area contributed by atoms with Gasteiger partial charge < -0.3 is 10.2 Å². The number of hydrogen-bond donors (Lipinski definition) is 2. The summed E-state index contributed by atoms with van der Waals surface area (Å²) in [6.07, 6.45) is 6.10. The molecular formula is C20H23N7O. The summed E-state index contributed by atoms with van der Waals surface area (Å²) in [5, 5.41) is 10.2. The summed E-state index contributed by atoms with van der Waals surface area (Å²) in [5.41, 5.74) is 2.59. The number of hydrogen-bond acceptors (Lipinski definition) is 5. The van der Waals surface area contributed by atoms with Gasteiger partial charge >= 0.3 is 6.03 Å². The van der Waals surface area contributed by atoms with Crippen molar-refractivity contribution in [3.05, 3.63) is 54.4 Å². The number of aromatic amines is 1. The molecule has 0 bridgehead atoms. The van der Waals surface area contributed by atoms with Gasteiger partial charge in [-0.2, -0.15) is 5.10 Å². The highest BCUT2D eigenvalue weighted by Gasteiger charge is 2.25. The van der Waals surface area contributed by atoms with E-state index >= 15 is 0 Å². The lowest BCUT2D eigenvalue weighted by Crippen LogP contribution is -2.41. The quantitative estimate of drug-likeness (QED) is 0.727. The molecule has 4 rings (SSSR count). The highest BCUT2D eigenvalue weighted by atomic mass is 16.2. The van der Waals surface area contributed by atoms with Crippen molar-refractivity contribution in [3.63, 3.8) is 0 Å². The van der Waals surface area contributed by atoms with Gasteiger partial charge in [-0.1, -0.05) is 19.1 Å². The van der Waals surface area contributed by atoms with Crippen molar-refractivity contribution >= 4 is 11.7 Å². The molecular weight excluding hydrogens is 354 g/mol. The minimum atomic E-state index is -0.0971. The molecule has 1 aliphatic heterocycles. The number of urea groups is 1. The number of H-pyrrole nitrogens is 1. The van der Waals surface area contributed by atoms with E-state index < -0.39 is 0 Å². The van der Waals surface area contributed by atoms with E-state index in [-0.39, 0.29) is 11.9 Å². The molecule has 2 N–H and O–H groups in total. The molecule has 8 nitrogen and oxygen atoms in total. The van der Waals surface area contributed by atoms with Crippen LogP contribution in [0.5, 0.6) is 0 Å². The number of nitrogens with zero attached hydrogens (tertiary/aromatic N) is 5. The van der Waals surface area contributed by atoms with E-state index in [0.717, 1.165) is 48.6 Å². The maximum atomic E-state index is 12.8. The minimum Gasteiger partial charge on any atom is -0.324 e. The van der Waals surface area contributed by atoms with Crippen LogP contribution in [0.3, 0.4) is 0 Å². The Balaban J connectivity index is 1.44. The number of carbonyl (C=O) groups is 1. The third kappa shape index (κ3) is 4.00. The average molecular weight is 377 g/mol. The second kappa shape index (κ2) is 8.16. The van der Waals surface area contributed by atoms with E-state index in [9.17, 15) is 4.79 Å². The van der Waals surface area contributed by atoms with Crippen LogP contribution < -0.4 is 5.32 Å². The smallest absolute Gasteiger partial charge is 0.321 e. The maximum Gasteiger partial charge on any atom is 0.321 e. The van der Waals surface area contributed by atoms with Crippen molar-refractivity contribution in [2.45, 2.75) is 32.1 Å². The third-order valence-corrected chi connectivity index (χ3v) is 4.97. The van der Waals surface area contributed by atoms with Gasteiger partial charge in [-0.15, -0.1) is 0 Å². The number of likely N-dealkylation sites (tertiary alicyclic amines) is 1. The lowest BCUT2D eigenvalue weighted by Gasteiger charge is -2.32. The molecule has 0 radical (unpaired) electrons. The zero-order valence-electron chi connectivity index (χ0n) is 15.8. The van der Waals surface area contributed by atoms with E-state index in [1.807, 2.05) is 42.2 Å². The normalized spacial score (nSPS) is 16.8. The molecule has 1 aromatic carbocycles. The van der Waals surface area contributed by atoms with Crippen molar-refractivity contribution in [3.8, 4) is 11.4 Å². The lowest BCUT2D eigenvalue weighted by molar-refractivity contribution is 0.192. The zero-order valence-corrected chi connectivity index (χ0v) is 15.8. The van der Waals surface area contributed by atoms with E-state index in [1.54, 1.807) is 12.5 Å². The van der Waals surface area contributed by atoms with E-state index in [4.69, 9.17) is 0 Å². The Morgan fingerprint density at radius 3 is 3.07 bits per heavy atom. The molecule has 1 unspecified atom stereocenters. The number of carbonyl (C=O) groups excluding carboxylic acids is 1. The topological polar surface area (TPSA) is 99.7 Å². The number of aromatic nitrogens is 5. The summed E-state index contributed by atoms with van der Waals surface area (Å²) in [4.78, 5) is 27.4. The fourth-order valence-electron chi connectivity index (χ4n) is 3.47. The van der Waals surface area contributed by atoms with Crippen LogP contribution in [-0.2, 0) is 6.42 Å². The van der Waals surface area contributed by atoms with Crippen molar-refractivity contribution in [1.29, 1.82) is 0 Å². The summed E-state index contributed by atoms with van der Waals surface area (Å²) in [5.74, 6) is 1.72. The standard InChI is InChI=1S/C20H23N7O/c1-2-18-24-19(26-25-18)14-5-3-7-16(11-14)23-20(28)27-10-4-6-15(12-27)17-8-9-21-13-22-17/h3,5,7-9,11,13,15H,2,4,6,10,12H2,1H3,(H,23,28)(H,24,25,26). The number of piperidine rings is 1. The van der Waals surface area contributed by atoms with Crippen molar-refractivity contribution in [2.24, 2.45) is 0 Å². The molecule has 144 valence electrons. The van der Waals surface area contributed by atoms with Crippen LogP contribution in [0.2, 0.25) is 0 Å². The highest BCUT2D eigenvalue weighted by Crippen LogP contribution is 2.26. The van der Waals surface area contributed by atoms with Crippen LogP contribution in [-0.4, -0.2) is 49.2 Å². The first-order valence-electron chi connectivity index (χ1n) is 9.56. The number of rotatable bonds is 4. The Labute approximate surface area is 163 Å². The van der Waals surface area contributed by atoms with Gasteiger partial charge in [-0.25, -0.2) is 19.7 Å². The molecule has 1 atom stereocenters. The first-order chi connectivity index (χ1) is 13.7. The molecule has 28 heavy (non-hydrogen) atoms.